The first kappa shape index (κ1) is 15.4. The molecule has 96 valence electrons. The number of amides is 1. The van der Waals surface area contributed by atoms with E-state index in [0.29, 0.717) is 6.04 Å². The molecular formula is C13H28N2O. The Morgan fingerprint density at radius 1 is 1.06 bits per heavy atom. The maximum atomic E-state index is 11.7. The second-order valence-corrected chi connectivity index (χ2v) is 4.45. The Morgan fingerprint density at radius 3 is 2.06 bits per heavy atom. The van der Waals surface area contributed by atoms with Crippen LogP contribution in [0.2, 0.25) is 0 Å². The van der Waals surface area contributed by atoms with E-state index in [1.807, 2.05) is 6.92 Å². The second kappa shape index (κ2) is 9.64. The molecule has 0 radical (unpaired) electrons. The van der Waals surface area contributed by atoms with Gasteiger partial charge in [0.15, 0.2) is 0 Å². The fraction of sp³-hybridized carbons (Fsp3) is 0.923. The van der Waals surface area contributed by atoms with Gasteiger partial charge in [0.25, 0.3) is 0 Å². The van der Waals surface area contributed by atoms with Gasteiger partial charge in [0.05, 0.1) is 6.04 Å². The first-order chi connectivity index (χ1) is 7.65. The van der Waals surface area contributed by atoms with Crippen molar-refractivity contribution < 1.29 is 4.79 Å². The van der Waals surface area contributed by atoms with Gasteiger partial charge in [-0.1, -0.05) is 33.6 Å². The molecule has 0 saturated carbocycles. The van der Waals surface area contributed by atoms with Gasteiger partial charge in [0, 0.05) is 12.6 Å². The lowest BCUT2D eigenvalue weighted by atomic mass is 10.1. The van der Waals surface area contributed by atoms with Gasteiger partial charge in [-0.2, -0.15) is 0 Å². The lowest BCUT2D eigenvalue weighted by molar-refractivity contribution is -0.122. The minimum absolute atomic E-state index is 0.0744. The van der Waals surface area contributed by atoms with Crippen molar-refractivity contribution in [1.82, 2.24) is 10.6 Å². The van der Waals surface area contributed by atoms with E-state index in [-0.39, 0.29) is 11.9 Å². The number of rotatable bonds is 9. The monoisotopic (exact) mass is 228 g/mol. The molecule has 0 rings (SSSR count). The van der Waals surface area contributed by atoms with Crippen molar-refractivity contribution in [2.75, 3.05) is 6.54 Å². The van der Waals surface area contributed by atoms with Gasteiger partial charge in [-0.05, 0) is 26.2 Å². The number of carbonyl (C=O) groups excluding carboxylic acids is 1. The van der Waals surface area contributed by atoms with Crippen molar-refractivity contribution >= 4 is 5.91 Å². The molecule has 0 aromatic rings. The van der Waals surface area contributed by atoms with Crippen LogP contribution >= 0.6 is 0 Å². The fourth-order valence-corrected chi connectivity index (χ4v) is 1.84. The molecule has 3 nitrogen and oxygen atoms in total. The Labute approximate surface area is 100 Å². The molecule has 0 saturated heterocycles. The molecule has 1 amide bonds. The van der Waals surface area contributed by atoms with E-state index < -0.39 is 0 Å². The minimum Gasteiger partial charge on any atom is -0.355 e. The zero-order valence-corrected chi connectivity index (χ0v) is 11.3. The van der Waals surface area contributed by atoms with Gasteiger partial charge in [0.2, 0.25) is 5.91 Å². The van der Waals surface area contributed by atoms with Crippen LogP contribution in [0.5, 0.6) is 0 Å². The summed E-state index contributed by atoms with van der Waals surface area (Å²) in [6.07, 6.45) is 5.63. The van der Waals surface area contributed by atoms with E-state index in [1.54, 1.807) is 0 Å². The summed E-state index contributed by atoms with van der Waals surface area (Å²) in [4.78, 5) is 11.7. The normalized spacial score (nSPS) is 12.8. The Morgan fingerprint density at radius 2 is 1.62 bits per heavy atom. The highest BCUT2D eigenvalue weighted by Gasteiger charge is 2.15. The van der Waals surface area contributed by atoms with Gasteiger partial charge in [-0.3, -0.25) is 4.79 Å². The van der Waals surface area contributed by atoms with Crippen LogP contribution in [0, 0.1) is 0 Å². The molecule has 0 bridgehead atoms. The maximum absolute atomic E-state index is 11.7. The predicted octanol–water partition coefficient (Wildman–Crippen LogP) is 2.46. The molecule has 0 heterocycles. The molecule has 3 heteroatoms. The van der Waals surface area contributed by atoms with Crippen molar-refractivity contribution in [3.05, 3.63) is 0 Å². The zero-order valence-electron chi connectivity index (χ0n) is 11.3. The Kier molecular flexibility index (Phi) is 9.30. The van der Waals surface area contributed by atoms with E-state index in [2.05, 4.69) is 31.4 Å². The highest BCUT2D eigenvalue weighted by molar-refractivity contribution is 5.81. The van der Waals surface area contributed by atoms with Crippen LogP contribution < -0.4 is 10.6 Å². The molecule has 16 heavy (non-hydrogen) atoms. The smallest absolute Gasteiger partial charge is 0.236 e. The molecule has 0 aromatic carbocycles. The summed E-state index contributed by atoms with van der Waals surface area (Å²) in [5.74, 6) is 0.124. The van der Waals surface area contributed by atoms with E-state index in [1.165, 1.54) is 12.8 Å². The van der Waals surface area contributed by atoms with Gasteiger partial charge < -0.3 is 10.6 Å². The third-order valence-electron chi connectivity index (χ3n) is 2.70. The Hall–Kier alpha value is -0.570. The summed E-state index contributed by atoms with van der Waals surface area (Å²) in [7, 11) is 0. The number of nitrogens with one attached hydrogen (secondary N) is 2. The molecule has 1 atom stereocenters. The SMILES string of the molecule is CCCNC(=O)C(C)NC(CCC)CCC. The maximum Gasteiger partial charge on any atom is 0.236 e. The first-order valence-corrected chi connectivity index (χ1v) is 6.69. The summed E-state index contributed by atoms with van der Waals surface area (Å²) < 4.78 is 0. The standard InChI is InChI=1S/C13H28N2O/c1-5-8-12(9-6-2)15-11(4)13(16)14-10-7-3/h11-12,15H,5-10H2,1-4H3,(H,14,16). The highest BCUT2D eigenvalue weighted by atomic mass is 16.2. The third-order valence-corrected chi connectivity index (χ3v) is 2.70. The Balaban J connectivity index is 3.95. The molecule has 0 aromatic heterocycles. The van der Waals surface area contributed by atoms with E-state index >= 15 is 0 Å². The van der Waals surface area contributed by atoms with Crippen LogP contribution in [-0.2, 0) is 4.79 Å². The summed E-state index contributed by atoms with van der Waals surface area (Å²) in [6.45, 7) is 9.16. The van der Waals surface area contributed by atoms with Gasteiger partial charge in [-0.25, -0.2) is 0 Å². The number of hydrogen-bond acceptors (Lipinski definition) is 2. The van der Waals surface area contributed by atoms with Crippen LogP contribution in [0.1, 0.15) is 59.8 Å². The number of hydrogen-bond donors (Lipinski definition) is 2. The summed E-state index contributed by atoms with van der Waals surface area (Å²) in [5, 5.41) is 6.34. The van der Waals surface area contributed by atoms with Crippen LogP contribution in [0.15, 0.2) is 0 Å². The fourth-order valence-electron chi connectivity index (χ4n) is 1.84. The average molecular weight is 228 g/mol. The molecule has 1 unspecified atom stereocenters. The summed E-state index contributed by atoms with van der Waals surface area (Å²) in [6, 6.07) is 0.409. The summed E-state index contributed by atoms with van der Waals surface area (Å²) >= 11 is 0. The number of carbonyl (C=O) groups is 1. The van der Waals surface area contributed by atoms with E-state index in [4.69, 9.17) is 0 Å². The first-order valence-electron chi connectivity index (χ1n) is 6.69. The van der Waals surface area contributed by atoms with Crippen molar-refractivity contribution in [1.29, 1.82) is 0 Å². The molecular weight excluding hydrogens is 200 g/mol. The lowest BCUT2D eigenvalue weighted by Crippen LogP contribution is -2.46. The van der Waals surface area contributed by atoms with Crippen molar-refractivity contribution in [3.63, 3.8) is 0 Å². The average Bonchev–Trinajstić information content (AvgIpc) is 2.26. The van der Waals surface area contributed by atoms with Crippen molar-refractivity contribution in [2.24, 2.45) is 0 Å². The summed E-state index contributed by atoms with van der Waals surface area (Å²) in [5.41, 5.74) is 0. The molecule has 0 aliphatic rings. The largest absolute Gasteiger partial charge is 0.355 e. The molecule has 0 spiro atoms. The predicted molar refractivity (Wildman–Crippen MR) is 69.5 cm³/mol. The van der Waals surface area contributed by atoms with Gasteiger partial charge in [-0.15, -0.1) is 0 Å². The van der Waals surface area contributed by atoms with E-state index in [0.717, 1.165) is 25.8 Å². The van der Waals surface area contributed by atoms with Crippen molar-refractivity contribution in [2.45, 2.75) is 71.9 Å². The topological polar surface area (TPSA) is 41.1 Å². The van der Waals surface area contributed by atoms with Crippen LogP contribution in [0.25, 0.3) is 0 Å². The molecule has 2 N–H and O–H groups in total. The highest BCUT2D eigenvalue weighted by Crippen LogP contribution is 2.05. The Bertz CT molecular complexity index is 177. The van der Waals surface area contributed by atoms with E-state index in [9.17, 15) is 4.79 Å². The van der Waals surface area contributed by atoms with Gasteiger partial charge in [0.1, 0.15) is 0 Å². The van der Waals surface area contributed by atoms with Gasteiger partial charge >= 0.3 is 0 Å². The van der Waals surface area contributed by atoms with Crippen LogP contribution in [-0.4, -0.2) is 24.5 Å². The van der Waals surface area contributed by atoms with Crippen LogP contribution in [0.4, 0.5) is 0 Å². The second-order valence-electron chi connectivity index (χ2n) is 4.45. The van der Waals surface area contributed by atoms with Crippen LogP contribution in [0.3, 0.4) is 0 Å². The lowest BCUT2D eigenvalue weighted by Gasteiger charge is -2.22. The zero-order chi connectivity index (χ0) is 12.4. The molecule has 0 aliphatic heterocycles. The molecule has 0 aliphatic carbocycles. The third kappa shape index (κ3) is 6.83. The molecule has 0 fully saturated rings. The quantitative estimate of drug-likeness (QED) is 0.636. The minimum atomic E-state index is -0.0744. The van der Waals surface area contributed by atoms with Crippen molar-refractivity contribution in [3.8, 4) is 0 Å².